The Bertz CT molecular complexity index is 1320. The van der Waals surface area contributed by atoms with Crippen LogP contribution in [0.25, 0.3) is 0 Å². The van der Waals surface area contributed by atoms with Gasteiger partial charge >= 0.3 is 0 Å². The van der Waals surface area contributed by atoms with E-state index in [0.29, 0.717) is 18.0 Å². The predicted octanol–water partition coefficient (Wildman–Crippen LogP) is 4.66. The van der Waals surface area contributed by atoms with Crippen LogP contribution in [-0.4, -0.2) is 33.7 Å². The number of aryl methyl sites for hydroxylation is 2. The summed E-state index contributed by atoms with van der Waals surface area (Å²) in [5.74, 6) is 0.0138. The lowest BCUT2D eigenvalue weighted by Crippen LogP contribution is -2.39. The Morgan fingerprint density at radius 1 is 0.943 bits per heavy atom. The first-order valence-electron chi connectivity index (χ1n) is 11.3. The van der Waals surface area contributed by atoms with Crippen LogP contribution in [0.3, 0.4) is 0 Å². The Hall–Kier alpha value is -3.65. The molecule has 0 aromatic heterocycles. The van der Waals surface area contributed by atoms with E-state index < -0.39 is 22.5 Å². The monoisotopic (exact) mass is 493 g/mol. The first-order chi connectivity index (χ1) is 16.6. The van der Waals surface area contributed by atoms with Gasteiger partial charge in [-0.25, -0.2) is 13.8 Å². The summed E-state index contributed by atoms with van der Waals surface area (Å²) in [7, 11) is -4.02. The van der Waals surface area contributed by atoms with Gasteiger partial charge in [0.05, 0.1) is 23.4 Å². The molecule has 3 aromatic rings. The fourth-order valence-corrected chi connectivity index (χ4v) is 4.91. The Morgan fingerprint density at radius 3 is 2.23 bits per heavy atom. The minimum Gasteiger partial charge on any atom is -0.494 e. The number of carbonyl (C=O) groups is 1. The predicted molar refractivity (Wildman–Crippen MR) is 140 cm³/mol. The molecule has 0 unspecified atom stereocenters. The highest BCUT2D eigenvalue weighted by atomic mass is 32.2. The molecule has 3 aromatic carbocycles. The summed E-state index contributed by atoms with van der Waals surface area (Å²) in [6, 6.07) is 17.0. The van der Waals surface area contributed by atoms with Gasteiger partial charge in [0, 0.05) is 0 Å². The topological polar surface area (TPSA) is 88.1 Å². The summed E-state index contributed by atoms with van der Waals surface area (Å²) in [5, 5.41) is 4.06. The van der Waals surface area contributed by atoms with E-state index in [1.54, 1.807) is 42.6 Å². The lowest BCUT2D eigenvalue weighted by atomic mass is 10.00. The van der Waals surface area contributed by atoms with Crippen molar-refractivity contribution in [2.24, 2.45) is 5.10 Å². The minimum atomic E-state index is -4.02. The molecule has 0 aliphatic heterocycles. The van der Waals surface area contributed by atoms with E-state index in [1.807, 2.05) is 46.8 Å². The number of carbonyl (C=O) groups excluding carboxylic acids is 1. The van der Waals surface area contributed by atoms with Crippen molar-refractivity contribution < 1.29 is 17.9 Å². The van der Waals surface area contributed by atoms with Gasteiger partial charge in [0.1, 0.15) is 12.3 Å². The maximum absolute atomic E-state index is 13.5. The number of sulfonamides is 1. The maximum atomic E-state index is 13.5. The van der Waals surface area contributed by atoms with E-state index >= 15 is 0 Å². The molecule has 0 heterocycles. The number of benzene rings is 3. The normalized spacial score (nSPS) is 11.5. The standard InChI is InChI=1S/C27H31N3O4S/c1-6-34-25-13-15-26(16-14-25)35(32,33)30(24-11-7-19(2)8-12-24)18-27(31)29-28-17-23-10-9-20(3)21(4)22(23)5/h7-17H,6,18H2,1-5H3,(H,29,31)/b28-17-. The molecule has 0 aliphatic carbocycles. The third-order valence-corrected chi connectivity index (χ3v) is 7.61. The van der Waals surface area contributed by atoms with E-state index in [2.05, 4.69) is 10.5 Å². The van der Waals surface area contributed by atoms with Gasteiger partial charge in [-0.3, -0.25) is 9.10 Å². The van der Waals surface area contributed by atoms with E-state index in [9.17, 15) is 13.2 Å². The van der Waals surface area contributed by atoms with Crippen LogP contribution in [0.2, 0.25) is 0 Å². The minimum absolute atomic E-state index is 0.0589. The fraction of sp³-hybridized carbons (Fsp3) is 0.259. The zero-order valence-corrected chi connectivity index (χ0v) is 21.5. The van der Waals surface area contributed by atoms with E-state index in [4.69, 9.17) is 4.74 Å². The summed E-state index contributed by atoms with van der Waals surface area (Å²) in [4.78, 5) is 12.8. The molecule has 35 heavy (non-hydrogen) atoms. The van der Waals surface area contributed by atoms with Gasteiger partial charge in [-0.05, 0) is 93.3 Å². The Balaban J connectivity index is 1.84. The molecule has 0 fully saturated rings. The summed E-state index contributed by atoms with van der Waals surface area (Å²) < 4.78 is 33.5. The van der Waals surface area contributed by atoms with Crippen LogP contribution in [0, 0.1) is 27.7 Å². The molecule has 3 rings (SSSR count). The lowest BCUT2D eigenvalue weighted by molar-refractivity contribution is -0.119. The number of hydrazone groups is 1. The van der Waals surface area contributed by atoms with Crippen molar-refractivity contribution in [3.05, 3.63) is 88.5 Å². The van der Waals surface area contributed by atoms with Gasteiger partial charge in [-0.1, -0.05) is 29.8 Å². The smallest absolute Gasteiger partial charge is 0.264 e. The molecule has 8 heteroatoms. The third-order valence-electron chi connectivity index (χ3n) is 5.82. The molecule has 1 N–H and O–H groups in total. The number of ether oxygens (including phenoxy) is 1. The highest BCUT2D eigenvalue weighted by Gasteiger charge is 2.27. The number of hydrogen-bond donors (Lipinski definition) is 1. The Labute approximate surface area is 207 Å². The summed E-state index contributed by atoms with van der Waals surface area (Å²) in [5.41, 5.74) is 8.11. The highest BCUT2D eigenvalue weighted by molar-refractivity contribution is 7.92. The molecule has 0 bridgehead atoms. The second-order valence-corrected chi connectivity index (χ2v) is 10.1. The number of rotatable bonds is 9. The van der Waals surface area contributed by atoms with Crippen LogP contribution in [-0.2, 0) is 14.8 Å². The van der Waals surface area contributed by atoms with Crippen molar-refractivity contribution >= 4 is 27.8 Å². The molecular formula is C27H31N3O4S. The zero-order chi connectivity index (χ0) is 25.6. The number of anilines is 1. The Kier molecular flexibility index (Phi) is 8.30. The number of nitrogens with zero attached hydrogens (tertiary/aromatic N) is 2. The quantitative estimate of drug-likeness (QED) is 0.347. The van der Waals surface area contributed by atoms with Crippen LogP contribution in [0.5, 0.6) is 5.75 Å². The average molecular weight is 494 g/mol. The molecule has 0 spiro atoms. The highest BCUT2D eigenvalue weighted by Crippen LogP contribution is 2.25. The first-order valence-corrected chi connectivity index (χ1v) is 12.8. The van der Waals surface area contributed by atoms with Gasteiger partial charge < -0.3 is 4.74 Å². The first kappa shape index (κ1) is 26.0. The molecule has 1 amide bonds. The molecular weight excluding hydrogens is 462 g/mol. The Morgan fingerprint density at radius 2 is 1.60 bits per heavy atom. The van der Waals surface area contributed by atoms with Crippen LogP contribution in [0.1, 0.15) is 34.7 Å². The van der Waals surface area contributed by atoms with Gasteiger partial charge in [-0.2, -0.15) is 5.10 Å². The van der Waals surface area contributed by atoms with Gasteiger partial charge in [0.25, 0.3) is 15.9 Å². The summed E-state index contributed by atoms with van der Waals surface area (Å²) in [6.07, 6.45) is 1.57. The maximum Gasteiger partial charge on any atom is 0.264 e. The third kappa shape index (κ3) is 6.27. The fourth-order valence-electron chi connectivity index (χ4n) is 3.48. The van der Waals surface area contributed by atoms with Crippen LogP contribution >= 0.6 is 0 Å². The summed E-state index contributed by atoms with van der Waals surface area (Å²) >= 11 is 0. The zero-order valence-electron chi connectivity index (χ0n) is 20.7. The molecule has 0 radical (unpaired) electrons. The van der Waals surface area contributed by atoms with Gasteiger partial charge in [-0.15, -0.1) is 0 Å². The molecule has 0 saturated carbocycles. The molecule has 184 valence electrons. The van der Waals surface area contributed by atoms with E-state index in [0.717, 1.165) is 26.6 Å². The van der Waals surface area contributed by atoms with Crippen LogP contribution in [0.4, 0.5) is 5.69 Å². The van der Waals surface area contributed by atoms with Gasteiger partial charge in [0.15, 0.2) is 0 Å². The number of hydrogen-bond acceptors (Lipinski definition) is 5. The van der Waals surface area contributed by atoms with E-state index in [-0.39, 0.29) is 4.90 Å². The van der Waals surface area contributed by atoms with Gasteiger partial charge in [0.2, 0.25) is 0 Å². The summed E-state index contributed by atoms with van der Waals surface area (Å²) in [6.45, 7) is 9.87. The second-order valence-electron chi connectivity index (χ2n) is 8.27. The van der Waals surface area contributed by atoms with Crippen molar-refractivity contribution in [2.75, 3.05) is 17.5 Å². The van der Waals surface area contributed by atoms with Crippen LogP contribution < -0.4 is 14.5 Å². The number of nitrogens with one attached hydrogen (secondary N) is 1. The van der Waals surface area contributed by atoms with Crippen molar-refractivity contribution in [1.82, 2.24) is 5.43 Å². The van der Waals surface area contributed by atoms with E-state index in [1.165, 1.54) is 17.7 Å². The largest absolute Gasteiger partial charge is 0.494 e. The molecule has 0 atom stereocenters. The molecule has 0 saturated heterocycles. The van der Waals surface area contributed by atoms with Crippen molar-refractivity contribution in [2.45, 2.75) is 39.5 Å². The second kappa shape index (κ2) is 11.2. The molecule has 7 nitrogen and oxygen atoms in total. The van der Waals surface area contributed by atoms with Crippen molar-refractivity contribution in [3.63, 3.8) is 0 Å². The lowest BCUT2D eigenvalue weighted by Gasteiger charge is -2.24. The van der Waals surface area contributed by atoms with Crippen molar-refractivity contribution in [1.29, 1.82) is 0 Å². The average Bonchev–Trinajstić information content (AvgIpc) is 2.84. The SMILES string of the molecule is CCOc1ccc(S(=O)(=O)N(CC(=O)N/N=C\c2ccc(C)c(C)c2C)c2ccc(C)cc2)cc1. The van der Waals surface area contributed by atoms with Crippen molar-refractivity contribution in [3.8, 4) is 5.75 Å². The number of amides is 1. The van der Waals surface area contributed by atoms with Crippen LogP contribution in [0.15, 0.2) is 70.7 Å². The molecule has 0 aliphatic rings.